The molecule has 0 amide bonds. The minimum absolute atomic E-state index is 0. The van der Waals surface area contributed by atoms with Crippen LogP contribution < -0.4 is 10.1 Å². The summed E-state index contributed by atoms with van der Waals surface area (Å²) in [5, 5.41) is 3.54. The predicted octanol–water partition coefficient (Wildman–Crippen LogP) is 3.84. The van der Waals surface area contributed by atoms with Crippen molar-refractivity contribution in [1.82, 2.24) is 5.32 Å². The lowest BCUT2D eigenvalue weighted by atomic mass is 10.1. The Morgan fingerprint density at radius 3 is 2.35 bits per heavy atom. The first-order valence-electron chi connectivity index (χ1n) is 6.69. The van der Waals surface area contributed by atoms with Crippen LogP contribution in [0.3, 0.4) is 0 Å². The summed E-state index contributed by atoms with van der Waals surface area (Å²) in [6.07, 6.45) is 0.969. The molecule has 0 saturated carbocycles. The van der Waals surface area contributed by atoms with Gasteiger partial charge in [-0.15, -0.1) is 12.4 Å². The van der Waals surface area contributed by atoms with Crippen LogP contribution in [0, 0.1) is 0 Å². The minimum Gasteiger partial charge on any atom is -0.496 e. The number of methoxy groups -OCH3 is 1. The van der Waals surface area contributed by atoms with Gasteiger partial charge in [0.1, 0.15) is 5.75 Å². The van der Waals surface area contributed by atoms with E-state index < -0.39 is 0 Å². The third kappa shape index (κ3) is 4.87. The van der Waals surface area contributed by atoms with Crippen LogP contribution in [-0.2, 0) is 13.0 Å². The summed E-state index contributed by atoms with van der Waals surface area (Å²) in [7, 11) is 1.72. The highest BCUT2D eigenvalue weighted by atomic mass is 35.5. The summed E-state index contributed by atoms with van der Waals surface area (Å²) in [4.78, 5) is 0. The summed E-state index contributed by atoms with van der Waals surface area (Å²) in [5.41, 5.74) is 2.56. The Bertz CT molecular complexity index is 501. The second kappa shape index (κ2) is 8.62. The van der Waals surface area contributed by atoms with Gasteiger partial charge in [-0.3, -0.25) is 0 Å². The van der Waals surface area contributed by atoms with Crippen LogP contribution in [0.1, 0.15) is 18.1 Å². The van der Waals surface area contributed by atoms with Crippen LogP contribution in [-0.4, -0.2) is 13.2 Å². The molecule has 0 radical (unpaired) electrons. The molecule has 0 bridgehead atoms. The van der Waals surface area contributed by atoms with E-state index >= 15 is 0 Å². The number of hydrogen-bond donors (Lipinski definition) is 1. The SMILES string of the molecule is COc1ccccc1CC(C)NCc1ccccc1.Cl. The Morgan fingerprint density at radius 2 is 1.65 bits per heavy atom. The van der Waals surface area contributed by atoms with Gasteiger partial charge in [-0.05, 0) is 30.5 Å². The standard InChI is InChI=1S/C17H21NO.ClH/c1-14(18-13-15-8-4-3-5-9-15)12-16-10-6-7-11-17(16)19-2;/h3-11,14,18H,12-13H2,1-2H3;1H. The number of benzene rings is 2. The molecule has 1 N–H and O–H groups in total. The van der Waals surface area contributed by atoms with Gasteiger partial charge in [-0.1, -0.05) is 48.5 Å². The molecule has 0 spiro atoms. The fraction of sp³-hybridized carbons (Fsp3) is 0.294. The molecule has 1 atom stereocenters. The fourth-order valence-electron chi connectivity index (χ4n) is 2.16. The molecule has 1 unspecified atom stereocenters. The van der Waals surface area contributed by atoms with Crippen LogP contribution in [0.25, 0.3) is 0 Å². The van der Waals surface area contributed by atoms with Crippen molar-refractivity contribution < 1.29 is 4.74 Å². The Hall–Kier alpha value is -1.51. The Labute approximate surface area is 127 Å². The van der Waals surface area contributed by atoms with Crippen molar-refractivity contribution in [2.45, 2.75) is 25.9 Å². The van der Waals surface area contributed by atoms with E-state index in [9.17, 15) is 0 Å². The van der Waals surface area contributed by atoms with Crippen molar-refractivity contribution in [2.24, 2.45) is 0 Å². The first-order chi connectivity index (χ1) is 9.29. The number of ether oxygens (including phenoxy) is 1. The predicted molar refractivity (Wildman–Crippen MR) is 86.7 cm³/mol. The molecule has 0 aromatic heterocycles. The number of para-hydroxylation sites is 1. The van der Waals surface area contributed by atoms with Crippen LogP contribution >= 0.6 is 12.4 Å². The van der Waals surface area contributed by atoms with E-state index in [-0.39, 0.29) is 12.4 Å². The van der Waals surface area contributed by atoms with Crippen molar-refractivity contribution in [2.75, 3.05) is 7.11 Å². The van der Waals surface area contributed by atoms with Crippen molar-refractivity contribution in [3.8, 4) is 5.75 Å². The quantitative estimate of drug-likeness (QED) is 0.873. The molecule has 0 aliphatic rings. The van der Waals surface area contributed by atoms with Crippen molar-refractivity contribution in [3.05, 3.63) is 65.7 Å². The highest BCUT2D eigenvalue weighted by molar-refractivity contribution is 5.85. The second-order valence-corrected chi connectivity index (χ2v) is 4.78. The topological polar surface area (TPSA) is 21.3 Å². The summed E-state index contributed by atoms with van der Waals surface area (Å²) in [5.74, 6) is 0.968. The molecular formula is C17H22ClNO. The monoisotopic (exact) mass is 291 g/mol. The highest BCUT2D eigenvalue weighted by Gasteiger charge is 2.07. The van der Waals surface area contributed by atoms with E-state index in [2.05, 4.69) is 48.6 Å². The van der Waals surface area contributed by atoms with E-state index in [0.717, 1.165) is 18.7 Å². The molecule has 0 fully saturated rings. The van der Waals surface area contributed by atoms with Crippen molar-refractivity contribution in [3.63, 3.8) is 0 Å². The number of hydrogen-bond acceptors (Lipinski definition) is 2. The molecule has 2 aromatic rings. The van der Waals surface area contributed by atoms with E-state index in [4.69, 9.17) is 4.74 Å². The normalized spacial score (nSPS) is 11.5. The van der Waals surface area contributed by atoms with Gasteiger partial charge in [0.15, 0.2) is 0 Å². The molecule has 0 heterocycles. The molecule has 0 aliphatic heterocycles. The molecule has 20 heavy (non-hydrogen) atoms. The molecular weight excluding hydrogens is 270 g/mol. The largest absolute Gasteiger partial charge is 0.496 e. The minimum atomic E-state index is 0. The molecule has 2 nitrogen and oxygen atoms in total. The Kier molecular flexibility index (Phi) is 7.13. The third-order valence-corrected chi connectivity index (χ3v) is 3.22. The molecule has 0 aliphatic carbocycles. The molecule has 108 valence electrons. The lowest BCUT2D eigenvalue weighted by Crippen LogP contribution is -2.27. The maximum Gasteiger partial charge on any atom is 0.122 e. The average molecular weight is 292 g/mol. The van der Waals surface area contributed by atoms with Crippen molar-refractivity contribution in [1.29, 1.82) is 0 Å². The van der Waals surface area contributed by atoms with E-state index in [1.165, 1.54) is 11.1 Å². The zero-order chi connectivity index (χ0) is 13.5. The average Bonchev–Trinajstić information content (AvgIpc) is 2.47. The van der Waals surface area contributed by atoms with Crippen LogP contribution in [0.15, 0.2) is 54.6 Å². The number of nitrogens with one attached hydrogen (secondary N) is 1. The van der Waals surface area contributed by atoms with Gasteiger partial charge >= 0.3 is 0 Å². The smallest absolute Gasteiger partial charge is 0.122 e. The van der Waals surface area contributed by atoms with E-state index in [1.54, 1.807) is 7.11 Å². The second-order valence-electron chi connectivity index (χ2n) is 4.78. The molecule has 0 saturated heterocycles. The zero-order valence-corrected chi connectivity index (χ0v) is 12.8. The lowest BCUT2D eigenvalue weighted by Gasteiger charge is -2.16. The van der Waals surface area contributed by atoms with Crippen molar-refractivity contribution >= 4 is 12.4 Å². The van der Waals surface area contributed by atoms with E-state index in [1.807, 2.05) is 18.2 Å². The van der Waals surface area contributed by atoms with Crippen LogP contribution in [0.2, 0.25) is 0 Å². The molecule has 2 rings (SSSR count). The fourth-order valence-corrected chi connectivity index (χ4v) is 2.16. The lowest BCUT2D eigenvalue weighted by molar-refractivity contribution is 0.406. The van der Waals surface area contributed by atoms with Gasteiger partial charge in [0.2, 0.25) is 0 Å². The summed E-state index contributed by atoms with van der Waals surface area (Å²) < 4.78 is 5.38. The Morgan fingerprint density at radius 1 is 1.00 bits per heavy atom. The number of rotatable bonds is 6. The first-order valence-corrected chi connectivity index (χ1v) is 6.69. The van der Waals surface area contributed by atoms with Gasteiger partial charge in [0.05, 0.1) is 7.11 Å². The maximum atomic E-state index is 5.38. The number of halogens is 1. The van der Waals surface area contributed by atoms with Crippen LogP contribution in [0.4, 0.5) is 0 Å². The van der Waals surface area contributed by atoms with Gasteiger partial charge in [0.25, 0.3) is 0 Å². The maximum absolute atomic E-state index is 5.38. The Balaban J connectivity index is 0.00000200. The van der Waals surface area contributed by atoms with Gasteiger partial charge < -0.3 is 10.1 Å². The van der Waals surface area contributed by atoms with Gasteiger partial charge in [0, 0.05) is 12.6 Å². The summed E-state index contributed by atoms with van der Waals surface area (Å²) in [6, 6.07) is 19.1. The third-order valence-electron chi connectivity index (χ3n) is 3.22. The summed E-state index contributed by atoms with van der Waals surface area (Å²) >= 11 is 0. The zero-order valence-electron chi connectivity index (χ0n) is 12.0. The van der Waals surface area contributed by atoms with Gasteiger partial charge in [-0.25, -0.2) is 0 Å². The molecule has 3 heteroatoms. The van der Waals surface area contributed by atoms with E-state index in [0.29, 0.717) is 6.04 Å². The van der Waals surface area contributed by atoms with Gasteiger partial charge in [-0.2, -0.15) is 0 Å². The van der Waals surface area contributed by atoms with Crippen LogP contribution in [0.5, 0.6) is 5.75 Å². The first kappa shape index (κ1) is 16.5. The highest BCUT2D eigenvalue weighted by Crippen LogP contribution is 2.18. The molecule has 2 aromatic carbocycles. The summed E-state index contributed by atoms with van der Waals surface area (Å²) in [6.45, 7) is 3.10.